The summed E-state index contributed by atoms with van der Waals surface area (Å²) in [5.41, 5.74) is -0.688. The molecule has 1 unspecified atom stereocenters. The SMILES string of the molecule is O=C(C1CCCO1)N1C[C@H]2CCCC[C@@]2(C(=O)O)C1. The first-order valence-electron chi connectivity index (χ1n) is 7.27. The minimum atomic E-state index is -0.722. The number of amides is 1. The van der Waals surface area contributed by atoms with E-state index in [1.165, 1.54) is 0 Å². The second kappa shape index (κ2) is 4.78. The zero-order chi connectivity index (χ0) is 13.5. The molecule has 1 amide bonds. The van der Waals surface area contributed by atoms with E-state index in [1.54, 1.807) is 4.90 Å². The second-order valence-electron chi connectivity index (χ2n) is 6.12. The monoisotopic (exact) mass is 267 g/mol. The number of nitrogens with zero attached hydrogens (tertiary/aromatic N) is 1. The molecule has 0 aromatic carbocycles. The highest BCUT2D eigenvalue weighted by Gasteiger charge is 2.54. The van der Waals surface area contributed by atoms with Gasteiger partial charge in [-0.05, 0) is 31.6 Å². The zero-order valence-electron chi connectivity index (χ0n) is 11.1. The number of hydrogen-bond donors (Lipinski definition) is 1. The lowest BCUT2D eigenvalue weighted by Gasteiger charge is -2.34. The highest BCUT2D eigenvalue weighted by Crippen LogP contribution is 2.47. The van der Waals surface area contributed by atoms with Crippen LogP contribution < -0.4 is 0 Å². The number of carboxylic acid groups (broad SMARTS) is 1. The van der Waals surface area contributed by atoms with Crippen molar-refractivity contribution in [3.05, 3.63) is 0 Å². The first kappa shape index (κ1) is 12.9. The third kappa shape index (κ3) is 2.04. The maximum Gasteiger partial charge on any atom is 0.311 e. The third-order valence-electron chi connectivity index (χ3n) is 5.06. The lowest BCUT2D eigenvalue weighted by molar-refractivity contribution is -0.153. The first-order valence-corrected chi connectivity index (χ1v) is 7.27. The number of hydrogen-bond acceptors (Lipinski definition) is 3. The van der Waals surface area contributed by atoms with Crippen LogP contribution in [0, 0.1) is 11.3 Å². The molecule has 0 bridgehead atoms. The molecule has 3 atom stereocenters. The van der Waals surface area contributed by atoms with Gasteiger partial charge in [0.15, 0.2) is 0 Å². The van der Waals surface area contributed by atoms with Gasteiger partial charge in [-0.15, -0.1) is 0 Å². The summed E-state index contributed by atoms with van der Waals surface area (Å²) in [6.07, 6.45) is 5.07. The Bertz CT molecular complexity index is 391. The van der Waals surface area contributed by atoms with Crippen molar-refractivity contribution in [1.82, 2.24) is 4.90 Å². The zero-order valence-corrected chi connectivity index (χ0v) is 11.1. The van der Waals surface area contributed by atoms with Gasteiger partial charge in [0.25, 0.3) is 5.91 Å². The number of rotatable bonds is 2. The average molecular weight is 267 g/mol. The Morgan fingerprint density at radius 3 is 2.68 bits per heavy atom. The molecule has 106 valence electrons. The summed E-state index contributed by atoms with van der Waals surface area (Å²) in [4.78, 5) is 25.8. The largest absolute Gasteiger partial charge is 0.481 e. The van der Waals surface area contributed by atoms with Crippen molar-refractivity contribution < 1.29 is 19.4 Å². The fraction of sp³-hybridized carbons (Fsp3) is 0.857. The molecule has 0 radical (unpaired) electrons. The first-order chi connectivity index (χ1) is 9.13. The van der Waals surface area contributed by atoms with E-state index in [1.807, 2.05) is 0 Å². The Balaban J connectivity index is 1.76. The van der Waals surface area contributed by atoms with Crippen molar-refractivity contribution in [1.29, 1.82) is 0 Å². The highest BCUT2D eigenvalue weighted by molar-refractivity contribution is 5.84. The topological polar surface area (TPSA) is 66.8 Å². The van der Waals surface area contributed by atoms with Crippen LogP contribution >= 0.6 is 0 Å². The number of likely N-dealkylation sites (tertiary alicyclic amines) is 1. The minimum absolute atomic E-state index is 0.00697. The van der Waals surface area contributed by atoms with Crippen LogP contribution in [0.4, 0.5) is 0 Å². The molecule has 2 saturated heterocycles. The molecule has 3 fully saturated rings. The van der Waals surface area contributed by atoms with Crippen LogP contribution in [0.15, 0.2) is 0 Å². The van der Waals surface area contributed by atoms with Crippen molar-refractivity contribution >= 4 is 11.9 Å². The predicted octanol–water partition coefficient (Wildman–Crippen LogP) is 1.27. The van der Waals surface area contributed by atoms with Crippen LogP contribution in [0.2, 0.25) is 0 Å². The lowest BCUT2D eigenvalue weighted by atomic mass is 9.68. The van der Waals surface area contributed by atoms with Crippen molar-refractivity contribution in [2.24, 2.45) is 11.3 Å². The highest BCUT2D eigenvalue weighted by atomic mass is 16.5. The summed E-state index contributed by atoms with van der Waals surface area (Å²) in [7, 11) is 0. The van der Waals surface area contributed by atoms with Gasteiger partial charge in [0.1, 0.15) is 6.10 Å². The van der Waals surface area contributed by atoms with Gasteiger partial charge in [-0.2, -0.15) is 0 Å². The van der Waals surface area contributed by atoms with Gasteiger partial charge in [0.2, 0.25) is 0 Å². The third-order valence-corrected chi connectivity index (χ3v) is 5.06. The summed E-state index contributed by atoms with van der Waals surface area (Å²) < 4.78 is 5.44. The van der Waals surface area contributed by atoms with Crippen molar-refractivity contribution in [2.45, 2.75) is 44.6 Å². The Kier molecular flexibility index (Phi) is 3.25. The number of carboxylic acids is 1. The van der Waals surface area contributed by atoms with Gasteiger partial charge in [0, 0.05) is 19.7 Å². The molecule has 5 heteroatoms. The second-order valence-corrected chi connectivity index (χ2v) is 6.12. The van der Waals surface area contributed by atoms with E-state index in [9.17, 15) is 14.7 Å². The van der Waals surface area contributed by atoms with Crippen molar-refractivity contribution in [3.8, 4) is 0 Å². The van der Waals surface area contributed by atoms with E-state index in [0.717, 1.165) is 32.1 Å². The van der Waals surface area contributed by atoms with Gasteiger partial charge in [0.05, 0.1) is 5.41 Å². The van der Waals surface area contributed by atoms with Gasteiger partial charge in [-0.3, -0.25) is 9.59 Å². The Morgan fingerprint density at radius 2 is 2.05 bits per heavy atom. The molecular formula is C14H21NO4. The molecule has 0 aromatic rings. The van der Waals surface area contributed by atoms with Crippen LogP contribution in [0.5, 0.6) is 0 Å². The number of carbonyl (C=O) groups excluding carboxylic acids is 1. The molecule has 3 rings (SSSR count). The van der Waals surface area contributed by atoms with E-state index in [2.05, 4.69) is 0 Å². The summed E-state index contributed by atoms with van der Waals surface area (Å²) in [6.45, 7) is 1.63. The van der Waals surface area contributed by atoms with Crippen LogP contribution in [0.1, 0.15) is 38.5 Å². The van der Waals surface area contributed by atoms with E-state index in [-0.39, 0.29) is 17.9 Å². The van der Waals surface area contributed by atoms with Crippen LogP contribution in [0.25, 0.3) is 0 Å². The summed E-state index contributed by atoms with van der Waals surface area (Å²) in [6, 6.07) is 0. The van der Waals surface area contributed by atoms with Crippen molar-refractivity contribution in [2.75, 3.05) is 19.7 Å². The summed E-state index contributed by atoms with van der Waals surface area (Å²) in [5, 5.41) is 9.59. The van der Waals surface area contributed by atoms with Crippen LogP contribution in [0.3, 0.4) is 0 Å². The fourth-order valence-corrected chi connectivity index (χ4v) is 3.95. The maximum atomic E-state index is 12.4. The molecule has 1 N–H and O–H groups in total. The molecule has 0 spiro atoms. The van der Waals surface area contributed by atoms with E-state index in [0.29, 0.717) is 26.1 Å². The van der Waals surface area contributed by atoms with Crippen LogP contribution in [-0.4, -0.2) is 47.7 Å². The Hall–Kier alpha value is -1.10. The molecule has 1 aliphatic carbocycles. The predicted molar refractivity (Wildman–Crippen MR) is 67.6 cm³/mol. The fourth-order valence-electron chi connectivity index (χ4n) is 3.95. The van der Waals surface area contributed by atoms with Crippen LogP contribution in [-0.2, 0) is 14.3 Å². The molecule has 1 saturated carbocycles. The quantitative estimate of drug-likeness (QED) is 0.818. The van der Waals surface area contributed by atoms with Gasteiger partial charge >= 0.3 is 5.97 Å². The summed E-state index contributed by atoms with van der Waals surface area (Å²) in [5.74, 6) is -0.587. The summed E-state index contributed by atoms with van der Waals surface area (Å²) >= 11 is 0. The molecule has 2 heterocycles. The molecule has 2 aliphatic heterocycles. The van der Waals surface area contributed by atoms with Gasteiger partial charge in [-0.1, -0.05) is 12.8 Å². The molecule has 5 nitrogen and oxygen atoms in total. The smallest absolute Gasteiger partial charge is 0.311 e. The Morgan fingerprint density at radius 1 is 1.21 bits per heavy atom. The van der Waals surface area contributed by atoms with E-state index < -0.39 is 11.4 Å². The number of aliphatic carboxylic acids is 1. The minimum Gasteiger partial charge on any atom is -0.481 e. The van der Waals surface area contributed by atoms with Gasteiger partial charge < -0.3 is 14.7 Å². The van der Waals surface area contributed by atoms with E-state index in [4.69, 9.17) is 4.74 Å². The lowest BCUT2D eigenvalue weighted by Crippen LogP contribution is -2.42. The number of ether oxygens (including phenoxy) is 1. The van der Waals surface area contributed by atoms with E-state index >= 15 is 0 Å². The normalized spacial score (nSPS) is 38.2. The van der Waals surface area contributed by atoms with Crippen molar-refractivity contribution in [3.63, 3.8) is 0 Å². The Labute approximate surface area is 112 Å². The molecular weight excluding hydrogens is 246 g/mol. The maximum absolute atomic E-state index is 12.4. The number of carbonyl (C=O) groups is 2. The average Bonchev–Trinajstić information content (AvgIpc) is 3.05. The molecule has 19 heavy (non-hydrogen) atoms. The molecule has 3 aliphatic rings. The number of fused-ring (bicyclic) bond motifs is 1. The molecule has 0 aromatic heterocycles. The van der Waals surface area contributed by atoms with Gasteiger partial charge in [-0.25, -0.2) is 0 Å². The standard InChI is InChI=1S/C14H21NO4/c16-12(11-5-3-7-19-11)15-8-10-4-1-2-6-14(10,9-15)13(17)18/h10-11H,1-9H2,(H,17,18)/t10-,11?,14-/m1/s1.